The van der Waals surface area contributed by atoms with Crippen molar-refractivity contribution in [3.63, 3.8) is 0 Å². The van der Waals surface area contributed by atoms with Crippen molar-refractivity contribution in [2.75, 3.05) is 6.61 Å². The van der Waals surface area contributed by atoms with Crippen molar-refractivity contribution in [1.82, 2.24) is 14.9 Å². The quantitative estimate of drug-likeness (QED) is 0.369. The molecule has 0 aliphatic rings. The average molecular weight is 426 g/mol. The maximum atomic E-state index is 12.7. The number of carbonyl (C=O) groups excluding carboxylic acids is 1. The topological polar surface area (TPSA) is 56.1 Å². The van der Waals surface area contributed by atoms with E-state index in [9.17, 15) is 4.79 Å². The van der Waals surface area contributed by atoms with Gasteiger partial charge in [0.15, 0.2) is 0 Å². The molecule has 1 amide bonds. The molecular formula is C27H27N3O2. The molecule has 5 heteroatoms. The Labute approximate surface area is 188 Å². The first-order valence-electron chi connectivity index (χ1n) is 10.8. The zero-order chi connectivity index (χ0) is 22.3. The molecule has 1 unspecified atom stereocenters. The van der Waals surface area contributed by atoms with E-state index in [1.165, 1.54) is 0 Å². The lowest BCUT2D eigenvalue weighted by atomic mass is 10.1. The molecule has 0 saturated carbocycles. The van der Waals surface area contributed by atoms with Crippen LogP contribution in [-0.4, -0.2) is 22.1 Å². The summed E-state index contributed by atoms with van der Waals surface area (Å²) in [6.45, 7) is 6.89. The van der Waals surface area contributed by atoms with Gasteiger partial charge in [-0.15, -0.1) is 6.58 Å². The fraction of sp³-hybridized carbons (Fsp3) is 0.185. The summed E-state index contributed by atoms with van der Waals surface area (Å²) >= 11 is 0. The van der Waals surface area contributed by atoms with E-state index in [0.717, 1.165) is 34.6 Å². The number of aromatic nitrogens is 2. The summed E-state index contributed by atoms with van der Waals surface area (Å²) in [7, 11) is 0. The maximum absolute atomic E-state index is 12.7. The number of para-hydroxylation sites is 3. The molecule has 1 atom stereocenters. The molecule has 1 heterocycles. The van der Waals surface area contributed by atoms with Gasteiger partial charge in [0.2, 0.25) is 0 Å². The number of fused-ring (bicyclic) bond motifs is 1. The number of hydrogen-bond acceptors (Lipinski definition) is 3. The van der Waals surface area contributed by atoms with Crippen LogP contribution in [0.2, 0.25) is 0 Å². The number of carbonyl (C=O) groups is 1. The summed E-state index contributed by atoms with van der Waals surface area (Å²) in [6, 6.07) is 25.0. The van der Waals surface area contributed by atoms with Crippen molar-refractivity contribution in [2.45, 2.75) is 25.9 Å². The lowest BCUT2D eigenvalue weighted by Gasteiger charge is -2.17. The summed E-state index contributed by atoms with van der Waals surface area (Å²) < 4.78 is 8.24. The fourth-order valence-corrected chi connectivity index (χ4v) is 3.81. The third kappa shape index (κ3) is 4.72. The van der Waals surface area contributed by atoms with Crippen LogP contribution in [0.5, 0.6) is 5.75 Å². The van der Waals surface area contributed by atoms with E-state index in [1.807, 2.05) is 73.7 Å². The van der Waals surface area contributed by atoms with Gasteiger partial charge in [-0.3, -0.25) is 4.79 Å². The molecule has 1 aromatic heterocycles. The molecule has 0 saturated heterocycles. The Morgan fingerprint density at radius 2 is 1.78 bits per heavy atom. The number of allylic oxidation sites excluding steroid dienone is 1. The zero-order valence-corrected chi connectivity index (χ0v) is 18.2. The monoisotopic (exact) mass is 425 g/mol. The number of imidazole rings is 1. The van der Waals surface area contributed by atoms with Gasteiger partial charge in [0.05, 0.1) is 23.6 Å². The van der Waals surface area contributed by atoms with Crippen molar-refractivity contribution in [3.05, 3.63) is 108 Å². The third-order valence-electron chi connectivity index (χ3n) is 5.36. The highest BCUT2D eigenvalue weighted by Crippen LogP contribution is 2.23. The SMILES string of the molecule is C=CCc1ccccc1OCCn1c(C(C)NC(=O)c2ccccc2)nc2ccccc21. The first-order chi connectivity index (χ1) is 15.7. The minimum Gasteiger partial charge on any atom is -0.491 e. The highest BCUT2D eigenvalue weighted by Gasteiger charge is 2.19. The summed E-state index contributed by atoms with van der Waals surface area (Å²) in [4.78, 5) is 17.5. The fourth-order valence-electron chi connectivity index (χ4n) is 3.81. The van der Waals surface area contributed by atoms with E-state index in [0.29, 0.717) is 18.7 Å². The summed E-state index contributed by atoms with van der Waals surface area (Å²) in [5, 5.41) is 3.07. The molecule has 5 nitrogen and oxygen atoms in total. The van der Waals surface area contributed by atoms with Crippen LogP contribution >= 0.6 is 0 Å². The summed E-state index contributed by atoms with van der Waals surface area (Å²) in [6.07, 6.45) is 2.64. The normalized spacial score (nSPS) is 11.8. The van der Waals surface area contributed by atoms with Gasteiger partial charge in [0.1, 0.15) is 18.2 Å². The minimum atomic E-state index is -0.261. The second-order valence-corrected chi connectivity index (χ2v) is 7.62. The van der Waals surface area contributed by atoms with Crippen LogP contribution in [0.1, 0.15) is 34.7 Å². The van der Waals surface area contributed by atoms with Crippen molar-refractivity contribution < 1.29 is 9.53 Å². The zero-order valence-electron chi connectivity index (χ0n) is 18.2. The maximum Gasteiger partial charge on any atom is 0.251 e. The Morgan fingerprint density at radius 3 is 2.59 bits per heavy atom. The van der Waals surface area contributed by atoms with E-state index in [1.54, 1.807) is 12.1 Å². The lowest BCUT2D eigenvalue weighted by Crippen LogP contribution is -2.29. The first-order valence-corrected chi connectivity index (χ1v) is 10.8. The molecule has 0 spiro atoms. The molecule has 0 aliphatic heterocycles. The number of benzene rings is 3. The standard InChI is InChI=1S/C27H27N3O2/c1-3-11-21-12-7-10-17-25(21)32-19-18-30-24-16-9-8-15-23(24)29-26(30)20(2)28-27(31)22-13-5-4-6-14-22/h3-10,12-17,20H,1,11,18-19H2,2H3,(H,28,31). The van der Waals surface area contributed by atoms with Gasteiger partial charge in [0, 0.05) is 5.56 Å². The van der Waals surface area contributed by atoms with Crippen molar-refractivity contribution in [3.8, 4) is 5.75 Å². The first kappa shape index (κ1) is 21.4. The van der Waals surface area contributed by atoms with Gasteiger partial charge in [-0.2, -0.15) is 0 Å². The van der Waals surface area contributed by atoms with Crippen LogP contribution in [-0.2, 0) is 13.0 Å². The highest BCUT2D eigenvalue weighted by molar-refractivity contribution is 5.94. The second kappa shape index (κ2) is 9.96. The van der Waals surface area contributed by atoms with Crippen molar-refractivity contribution in [2.24, 2.45) is 0 Å². The largest absolute Gasteiger partial charge is 0.491 e. The number of nitrogens with one attached hydrogen (secondary N) is 1. The number of ether oxygens (including phenoxy) is 1. The Balaban J connectivity index is 1.54. The predicted molar refractivity (Wildman–Crippen MR) is 128 cm³/mol. The number of nitrogens with zero attached hydrogens (tertiary/aromatic N) is 2. The molecule has 1 N–H and O–H groups in total. The van der Waals surface area contributed by atoms with Gasteiger partial charge in [-0.05, 0) is 49.2 Å². The molecule has 32 heavy (non-hydrogen) atoms. The lowest BCUT2D eigenvalue weighted by molar-refractivity contribution is 0.0937. The molecule has 4 rings (SSSR count). The predicted octanol–water partition coefficient (Wildman–Crippen LogP) is 5.33. The van der Waals surface area contributed by atoms with Gasteiger partial charge in [-0.1, -0.05) is 54.6 Å². The van der Waals surface area contributed by atoms with E-state index in [2.05, 4.69) is 22.5 Å². The minimum absolute atomic E-state index is 0.119. The third-order valence-corrected chi connectivity index (χ3v) is 5.36. The Hall–Kier alpha value is -3.86. The van der Waals surface area contributed by atoms with E-state index in [4.69, 9.17) is 9.72 Å². The van der Waals surface area contributed by atoms with Crippen LogP contribution in [0, 0.1) is 0 Å². The molecule has 0 radical (unpaired) electrons. The van der Waals surface area contributed by atoms with Crippen LogP contribution in [0.4, 0.5) is 0 Å². The van der Waals surface area contributed by atoms with E-state index >= 15 is 0 Å². The molecule has 4 aromatic rings. The van der Waals surface area contributed by atoms with Gasteiger partial charge < -0.3 is 14.6 Å². The molecule has 0 fully saturated rings. The summed E-state index contributed by atoms with van der Waals surface area (Å²) in [5.74, 6) is 1.55. The van der Waals surface area contributed by atoms with Gasteiger partial charge >= 0.3 is 0 Å². The molecule has 162 valence electrons. The number of amides is 1. The second-order valence-electron chi connectivity index (χ2n) is 7.62. The average Bonchev–Trinajstić information content (AvgIpc) is 3.20. The van der Waals surface area contributed by atoms with E-state index < -0.39 is 0 Å². The highest BCUT2D eigenvalue weighted by atomic mass is 16.5. The molecule has 0 bridgehead atoms. The van der Waals surface area contributed by atoms with Crippen LogP contribution in [0.3, 0.4) is 0 Å². The Morgan fingerprint density at radius 1 is 1.06 bits per heavy atom. The molecular weight excluding hydrogens is 398 g/mol. The number of rotatable bonds is 9. The smallest absolute Gasteiger partial charge is 0.251 e. The van der Waals surface area contributed by atoms with Gasteiger partial charge in [-0.25, -0.2) is 4.98 Å². The van der Waals surface area contributed by atoms with Crippen LogP contribution in [0.15, 0.2) is 91.5 Å². The van der Waals surface area contributed by atoms with Crippen LogP contribution < -0.4 is 10.1 Å². The number of hydrogen-bond donors (Lipinski definition) is 1. The summed E-state index contributed by atoms with van der Waals surface area (Å²) in [5.41, 5.74) is 3.66. The Bertz CT molecular complexity index is 1210. The molecule has 3 aromatic carbocycles. The molecule has 0 aliphatic carbocycles. The van der Waals surface area contributed by atoms with Gasteiger partial charge in [0.25, 0.3) is 5.91 Å². The van der Waals surface area contributed by atoms with E-state index in [-0.39, 0.29) is 11.9 Å². The Kier molecular flexibility index (Phi) is 6.66. The van der Waals surface area contributed by atoms with Crippen molar-refractivity contribution in [1.29, 1.82) is 0 Å². The van der Waals surface area contributed by atoms with Crippen LogP contribution in [0.25, 0.3) is 11.0 Å². The van der Waals surface area contributed by atoms with Crippen molar-refractivity contribution >= 4 is 16.9 Å².